The van der Waals surface area contributed by atoms with E-state index in [4.69, 9.17) is 25.0 Å². The molecule has 212 valence electrons. The highest BCUT2D eigenvalue weighted by molar-refractivity contribution is 7.89. The van der Waals surface area contributed by atoms with Crippen LogP contribution in [0.25, 0.3) is 10.2 Å². The van der Waals surface area contributed by atoms with Gasteiger partial charge in [0, 0.05) is 50.2 Å². The van der Waals surface area contributed by atoms with E-state index in [1.165, 1.54) is 35.6 Å². The molecule has 40 heavy (non-hydrogen) atoms. The molecule has 1 amide bonds. The van der Waals surface area contributed by atoms with Crippen molar-refractivity contribution in [3.05, 3.63) is 42.0 Å². The molecule has 0 fully saturated rings. The van der Waals surface area contributed by atoms with Gasteiger partial charge in [-0.3, -0.25) is 9.69 Å². The predicted octanol–water partition coefficient (Wildman–Crippen LogP) is 3.86. The number of fused-ring (bicyclic) bond motifs is 2. The molecule has 2 heterocycles. The third-order valence-corrected chi connectivity index (χ3v) is 8.97. The topological polar surface area (TPSA) is 140 Å². The molecule has 0 spiro atoms. The van der Waals surface area contributed by atoms with Crippen LogP contribution in [-0.4, -0.2) is 75.6 Å². The number of aromatic nitrogens is 1. The van der Waals surface area contributed by atoms with Crippen molar-refractivity contribution in [2.24, 2.45) is 0 Å². The molecule has 3 aromatic rings. The van der Waals surface area contributed by atoms with Crippen molar-refractivity contribution in [2.75, 3.05) is 52.0 Å². The standard InChI is InChI=1S/C26H28N6O5S2.ClH/c1-30(2)12-5-15-32(26-29-21-16-22-23(37-18-36-22)17-24(21)38-26)25(33)19-6-8-20(9-7-19)39(34,35)31(13-3-10-27)14-4-11-28;/h6-9,16-17H,3-5,12-15,18H2,1-2H3;1H. The molecular formula is C26H29ClN6O5S2. The van der Waals surface area contributed by atoms with Crippen molar-refractivity contribution in [2.45, 2.75) is 24.2 Å². The minimum absolute atomic E-state index is 0. The van der Waals surface area contributed by atoms with E-state index in [-0.39, 0.29) is 55.9 Å². The molecular weight excluding hydrogens is 576 g/mol. The molecule has 11 nitrogen and oxygen atoms in total. The van der Waals surface area contributed by atoms with Gasteiger partial charge in [0.1, 0.15) is 0 Å². The van der Waals surface area contributed by atoms with E-state index in [0.717, 1.165) is 15.5 Å². The fourth-order valence-electron chi connectivity index (χ4n) is 4.03. The highest BCUT2D eigenvalue weighted by Gasteiger charge is 2.26. The number of amides is 1. The summed E-state index contributed by atoms with van der Waals surface area (Å²) >= 11 is 1.37. The van der Waals surface area contributed by atoms with Crippen LogP contribution >= 0.6 is 23.7 Å². The summed E-state index contributed by atoms with van der Waals surface area (Å²) in [4.78, 5) is 22.0. The molecule has 1 aliphatic rings. The second-order valence-corrected chi connectivity index (χ2v) is 12.0. The van der Waals surface area contributed by atoms with Crippen molar-refractivity contribution in [3.8, 4) is 23.6 Å². The Bertz CT molecular complexity index is 1470. The Labute approximate surface area is 243 Å². The zero-order chi connectivity index (χ0) is 28.0. The summed E-state index contributed by atoms with van der Waals surface area (Å²) in [5.74, 6) is 0.946. The van der Waals surface area contributed by atoms with E-state index >= 15 is 0 Å². The van der Waals surface area contributed by atoms with Gasteiger partial charge < -0.3 is 14.4 Å². The third-order valence-electron chi connectivity index (χ3n) is 6.02. The van der Waals surface area contributed by atoms with Crippen molar-refractivity contribution in [1.82, 2.24) is 14.2 Å². The smallest absolute Gasteiger partial charge is 0.260 e. The lowest BCUT2D eigenvalue weighted by atomic mass is 10.2. The van der Waals surface area contributed by atoms with Crippen LogP contribution in [0, 0.1) is 22.7 Å². The van der Waals surface area contributed by atoms with Crippen LogP contribution in [0.1, 0.15) is 29.6 Å². The van der Waals surface area contributed by atoms with Crippen molar-refractivity contribution < 1.29 is 22.7 Å². The number of rotatable bonds is 12. The Morgan fingerprint density at radius 1 is 1.00 bits per heavy atom. The number of benzene rings is 2. The normalized spacial score (nSPS) is 12.2. The Balaban J connectivity index is 0.00000441. The van der Waals surface area contributed by atoms with E-state index in [0.29, 0.717) is 40.7 Å². The van der Waals surface area contributed by atoms with Crippen LogP contribution in [-0.2, 0) is 10.0 Å². The summed E-state index contributed by atoms with van der Waals surface area (Å²) < 4.78 is 39.2. The minimum Gasteiger partial charge on any atom is -0.454 e. The first-order valence-corrected chi connectivity index (χ1v) is 14.5. The van der Waals surface area contributed by atoms with Gasteiger partial charge in [0.2, 0.25) is 16.8 Å². The largest absolute Gasteiger partial charge is 0.454 e. The number of thiazole rings is 1. The van der Waals surface area contributed by atoms with Crippen LogP contribution in [0.3, 0.4) is 0 Å². The van der Waals surface area contributed by atoms with Crippen LogP contribution in [0.5, 0.6) is 11.5 Å². The van der Waals surface area contributed by atoms with E-state index < -0.39 is 10.0 Å². The number of hydrogen-bond donors (Lipinski definition) is 0. The SMILES string of the molecule is CN(C)CCCN(C(=O)c1ccc(S(=O)(=O)N(CCC#N)CCC#N)cc1)c1nc2cc3c(cc2s1)OCO3.Cl. The molecule has 0 N–H and O–H groups in total. The first kappa shape index (κ1) is 31.1. The van der Waals surface area contributed by atoms with Gasteiger partial charge in [-0.2, -0.15) is 14.8 Å². The Hall–Kier alpha value is -3.46. The molecule has 14 heteroatoms. The maximum atomic E-state index is 13.7. The average Bonchev–Trinajstić information content (AvgIpc) is 3.55. The number of sulfonamides is 1. The zero-order valence-electron chi connectivity index (χ0n) is 22.1. The first-order chi connectivity index (χ1) is 18.7. The van der Waals surface area contributed by atoms with Gasteiger partial charge in [-0.15, -0.1) is 12.4 Å². The monoisotopic (exact) mass is 604 g/mol. The fourth-order valence-corrected chi connectivity index (χ4v) is 6.47. The summed E-state index contributed by atoms with van der Waals surface area (Å²) in [7, 11) is -0.0212. The molecule has 2 aromatic carbocycles. The van der Waals surface area contributed by atoms with Crippen LogP contribution in [0.2, 0.25) is 0 Å². The minimum atomic E-state index is -3.94. The second kappa shape index (κ2) is 13.7. The highest BCUT2D eigenvalue weighted by atomic mass is 35.5. The predicted molar refractivity (Wildman–Crippen MR) is 153 cm³/mol. The molecule has 0 atom stereocenters. The van der Waals surface area contributed by atoms with Gasteiger partial charge in [0.15, 0.2) is 16.6 Å². The van der Waals surface area contributed by atoms with Gasteiger partial charge in [-0.05, 0) is 51.3 Å². The zero-order valence-corrected chi connectivity index (χ0v) is 24.5. The number of nitriles is 2. The molecule has 1 aromatic heterocycles. The molecule has 4 rings (SSSR count). The lowest BCUT2D eigenvalue weighted by Gasteiger charge is -2.22. The molecule has 0 unspecified atom stereocenters. The summed E-state index contributed by atoms with van der Waals surface area (Å²) in [6, 6.07) is 13.2. The van der Waals surface area contributed by atoms with E-state index in [1.807, 2.05) is 37.2 Å². The maximum Gasteiger partial charge on any atom is 0.260 e. The number of nitrogens with zero attached hydrogens (tertiary/aromatic N) is 6. The quantitative estimate of drug-likeness (QED) is 0.301. The molecule has 1 aliphatic heterocycles. The Morgan fingerprint density at radius 3 is 2.23 bits per heavy atom. The van der Waals surface area contributed by atoms with Crippen molar-refractivity contribution >= 4 is 55.0 Å². The van der Waals surface area contributed by atoms with E-state index in [1.54, 1.807) is 11.0 Å². The number of halogens is 1. The number of hydrogen-bond acceptors (Lipinski definition) is 10. The Kier molecular flexibility index (Phi) is 10.7. The van der Waals surface area contributed by atoms with Crippen LogP contribution in [0.15, 0.2) is 41.3 Å². The molecule has 0 saturated heterocycles. The number of carbonyl (C=O) groups excluding carboxylic acids is 1. The molecule has 0 saturated carbocycles. The van der Waals surface area contributed by atoms with E-state index in [2.05, 4.69) is 0 Å². The van der Waals surface area contributed by atoms with Gasteiger partial charge in [-0.1, -0.05) is 11.3 Å². The second-order valence-electron chi connectivity index (χ2n) is 9.03. The lowest BCUT2D eigenvalue weighted by molar-refractivity contribution is 0.0986. The van der Waals surface area contributed by atoms with Gasteiger partial charge in [-0.25, -0.2) is 13.4 Å². The summed E-state index contributed by atoms with van der Waals surface area (Å²) in [5, 5.41) is 18.3. The first-order valence-electron chi connectivity index (χ1n) is 12.3. The number of carbonyl (C=O) groups is 1. The fraction of sp³-hybridized carbons (Fsp3) is 0.385. The van der Waals surface area contributed by atoms with Crippen LogP contribution in [0.4, 0.5) is 5.13 Å². The van der Waals surface area contributed by atoms with Crippen LogP contribution < -0.4 is 14.4 Å². The summed E-state index contributed by atoms with van der Waals surface area (Å²) in [6.07, 6.45) is 0.718. The molecule has 0 aliphatic carbocycles. The molecule has 0 radical (unpaired) electrons. The van der Waals surface area contributed by atoms with Crippen molar-refractivity contribution in [3.63, 3.8) is 0 Å². The summed E-state index contributed by atoms with van der Waals surface area (Å²) in [6.45, 7) is 1.31. The summed E-state index contributed by atoms with van der Waals surface area (Å²) in [5.41, 5.74) is 1.01. The average molecular weight is 605 g/mol. The van der Waals surface area contributed by atoms with E-state index in [9.17, 15) is 13.2 Å². The lowest BCUT2D eigenvalue weighted by Crippen LogP contribution is -2.34. The van der Waals surface area contributed by atoms with Gasteiger partial charge in [0.05, 0.1) is 27.3 Å². The third kappa shape index (κ3) is 6.99. The maximum absolute atomic E-state index is 13.7. The van der Waals surface area contributed by atoms with Gasteiger partial charge >= 0.3 is 0 Å². The highest BCUT2D eigenvalue weighted by Crippen LogP contribution is 2.40. The molecule has 0 bridgehead atoms. The number of anilines is 1. The Morgan fingerprint density at radius 2 is 1.62 bits per heavy atom. The van der Waals surface area contributed by atoms with Crippen molar-refractivity contribution in [1.29, 1.82) is 10.5 Å². The van der Waals surface area contributed by atoms with Gasteiger partial charge in [0.25, 0.3) is 5.91 Å². The number of ether oxygens (including phenoxy) is 2.